The maximum Gasteiger partial charge on any atom is 0.129 e. The van der Waals surface area contributed by atoms with Crippen molar-refractivity contribution in [2.45, 2.75) is 24.7 Å². The minimum Gasteiger partial charge on any atom is -0.361 e. The summed E-state index contributed by atoms with van der Waals surface area (Å²) >= 11 is 0. The number of benzene rings is 2. The number of halogens is 2. The van der Waals surface area contributed by atoms with Gasteiger partial charge in [-0.05, 0) is 41.3 Å². The molecule has 3 aliphatic rings. The van der Waals surface area contributed by atoms with Crippen molar-refractivity contribution in [1.82, 2.24) is 10.2 Å². The summed E-state index contributed by atoms with van der Waals surface area (Å²) in [6.45, 7) is 5.91. The number of nitrogens with zero attached hydrogens (tertiary/aromatic N) is 1. The van der Waals surface area contributed by atoms with E-state index in [1.54, 1.807) is 0 Å². The van der Waals surface area contributed by atoms with Crippen LogP contribution < -0.4 is 5.32 Å². The quantitative estimate of drug-likeness (QED) is 0.567. The Morgan fingerprint density at radius 2 is 1.66 bits per heavy atom. The molecule has 1 saturated heterocycles. The lowest BCUT2D eigenvalue weighted by atomic mass is 9.90. The Balaban J connectivity index is 1.39. The third-order valence-corrected chi connectivity index (χ3v) is 6.92. The first kappa shape index (κ1) is 20.9. The van der Waals surface area contributed by atoms with Crippen LogP contribution in [0.3, 0.4) is 0 Å². The molecule has 5 atom stereocenters. The zero-order chi connectivity index (χ0) is 22.1. The predicted octanol–water partition coefficient (Wildman–Crippen LogP) is 6.21. The van der Waals surface area contributed by atoms with E-state index in [0.29, 0.717) is 18.5 Å². The van der Waals surface area contributed by atoms with Crippen molar-refractivity contribution < 1.29 is 8.78 Å². The van der Waals surface area contributed by atoms with Gasteiger partial charge in [-0.15, -0.1) is 0 Å². The van der Waals surface area contributed by atoms with Crippen LogP contribution in [0.2, 0.25) is 0 Å². The van der Waals surface area contributed by atoms with Gasteiger partial charge in [0.05, 0.1) is 6.04 Å². The zero-order valence-corrected chi connectivity index (χ0v) is 18.0. The van der Waals surface area contributed by atoms with Crippen molar-refractivity contribution in [3.8, 4) is 0 Å². The molecular weight excluding hydrogens is 402 g/mol. The lowest BCUT2D eigenvalue weighted by Gasteiger charge is -2.32. The molecule has 4 heteroatoms. The fourth-order valence-electron chi connectivity index (χ4n) is 5.16. The molecule has 0 bridgehead atoms. The standard InChI is InChI=1S/C28H28F2N2/c1-19(22-14-27(31-17-22)20-8-4-2-5-9-20)32-18-23(25-16-24(29)12-13-26(25)30)15-28(32)21-10-6-3-7-11-21/h2-13,15-16,22,25-28,31H,1,14,17-18H2. The number of nitrogens with one attached hydrogen (secondary N) is 1. The van der Waals surface area contributed by atoms with E-state index in [-0.39, 0.29) is 11.9 Å². The fraction of sp³-hybridized carbons (Fsp3) is 0.286. The molecule has 164 valence electrons. The summed E-state index contributed by atoms with van der Waals surface area (Å²) < 4.78 is 28.6. The number of rotatable bonds is 5. The lowest BCUT2D eigenvalue weighted by Crippen LogP contribution is -2.30. The maximum absolute atomic E-state index is 14.7. The molecule has 5 rings (SSSR count). The smallest absolute Gasteiger partial charge is 0.129 e. The van der Waals surface area contributed by atoms with E-state index in [4.69, 9.17) is 0 Å². The van der Waals surface area contributed by atoms with Gasteiger partial charge in [-0.25, -0.2) is 8.78 Å². The van der Waals surface area contributed by atoms with Crippen LogP contribution in [-0.2, 0) is 0 Å². The normalized spacial score (nSPS) is 29.7. The van der Waals surface area contributed by atoms with Gasteiger partial charge in [0.25, 0.3) is 0 Å². The maximum atomic E-state index is 14.7. The second-order valence-electron chi connectivity index (χ2n) is 8.90. The summed E-state index contributed by atoms with van der Waals surface area (Å²) in [6, 6.07) is 21.0. The average Bonchev–Trinajstić information content (AvgIpc) is 3.50. The highest BCUT2D eigenvalue weighted by atomic mass is 19.1. The summed E-state index contributed by atoms with van der Waals surface area (Å²) in [5, 5.41) is 3.64. The highest BCUT2D eigenvalue weighted by Crippen LogP contribution is 2.42. The molecule has 2 aromatic rings. The first-order valence-corrected chi connectivity index (χ1v) is 11.3. The number of alkyl halides is 1. The topological polar surface area (TPSA) is 15.3 Å². The molecule has 1 N–H and O–H groups in total. The molecule has 0 radical (unpaired) electrons. The first-order valence-electron chi connectivity index (χ1n) is 11.3. The number of hydrogen-bond donors (Lipinski definition) is 1. The molecule has 0 spiro atoms. The van der Waals surface area contributed by atoms with Gasteiger partial charge in [0.2, 0.25) is 0 Å². The van der Waals surface area contributed by atoms with Crippen LogP contribution in [0, 0.1) is 11.8 Å². The minimum absolute atomic E-state index is 0.0240. The largest absolute Gasteiger partial charge is 0.361 e. The van der Waals surface area contributed by atoms with E-state index in [9.17, 15) is 8.78 Å². The van der Waals surface area contributed by atoms with Gasteiger partial charge in [0.1, 0.15) is 12.0 Å². The van der Waals surface area contributed by atoms with Crippen LogP contribution in [0.5, 0.6) is 0 Å². The molecule has 2 nitrogen and oxygen atoms in total. The summed E-state index contributed by atoms with van der Waals surface area (Å²) in [6.07, 6.45) is 5.83. The second-order valence-corrected chi connectivity index (χ2v) is 8.90. The molecule has 5 unspecified atom stereocenters. The zero-order valence-electron chi connectivity index (χ0n) is 18.0. The Bertz CT molecular complexity index is 1060. The number of hydrogen-bond acceptors (Lipinski definition) is 2. The highest BCUT2D eigenvalue weighted by Gasteiger charge is 2.37. The molecule has 1 aliphatic carbocycles. The Kier molecular flexibility index (Phi) is 5.79. The van der Waals surface area contributed by atoms with E-state index >= 15 is 0 Å². The summed E-state index contributed by atoms with van der Waals surface area (Å²) in [5.74, 6) is -0.648. The van der Waals surface area contributed by atoms with Crippen LogP contribution in [0.25, 0.3) is 0 Å². The molecule has 2 aliphatic heterocycles. The van der Waals surface area contributed by atoms with Crippen molar-refractivity contribution in [2.75, 3.05) is 13.1 Å². The molecule has 2 aromatic carbocycles. The van der Waals surface area contributed by atoms with Crippen LogP contribution in [-0.4, -0.2) is 24.2 Å². The number of allylic oxidation sites excluding steroid dienone is 4. The van der Waals surface area contributed by atoms with Crippen molar-refractivity contribution in [1.29, 1.82) is 0 Å². The first-order chi connectivity index (χ1) is 15.6. The van der Waals surface area contributed by atoms with Gasteiger partial charge in [0.15, 0.2) is 0 Å². The van der Waals surface area contributed by atoms with Crippen molar-refractivity contribution >= 4 is 0 Å². The van der Waals surface area contributed by atoms with Crippen molar-refractivity contribution in [3.05, 3.63) is 120 Å². The second kappa shape index (κ2) is 8.87. The highest BCUT2D eigenvalue weighted by molar-refractivity contribution is 5.38. The molecule has 1 fully saturated rings. The van der Waals surface area contributed by atoms with E-state index < -0.39 is 12.1 Å². The molecular formula is C28H28F2N2. The van der Waals surface area contributed by atoms with Gasteiger partial charge in [-0.1, -0.05) is 73.3 Å². The van der Waals surface area contributed by atoms with Crippen molar-refractivity contribution in [2.24, 2.45) is 11.8 Å². The Hall–Kier alpha value is -2.98. The van der Waals surface area contributed by atoms with Gasteiger partial charge in [0, 0.05) is 36.7 Å². The van der Waals surface area contributed by atoms with E-state index in [2.05, 4.69) is 59.3 Å². The molecule has 0 amide bonds. The third kappa shape index (κ3) is 4.07. The Morgan fingerprint density at radius 3 is 2.38 bits per heavy atom. The van der Waals surface area contributed by atoms with Gasteiger partial charge in [-0.2, -0.15) is 0 Å². The van der Waals surface area contributed by atoms with Crippen molar-refractivity contribution in [3.63, 3.8) is 0 Å². The summed E-state index contributed by atoms with van der Waals surface area (Å²) in [4.78, 5) is 2.28. The molecule has 0 aromatic heterocycles. The summed E-state index contributed by atoms with van der Waals surface area (Å²) in [5.41, 5.74) is 4.40. The average molecular weight is 431 g/mol. The van der Waals surface area contributed by atoms with E-state index in [1.165, 1.54) is 23.8 Å². The van der Waals surface area contributed by atoms with Gasteiger partial charge < -0.3 is 10.2 Å². The molecule has 2 heterocycles. The van der Waals surface area contributed by atoms with Crippen LogP contribution in [0.15, 0.2) is 109 Å². The fourth-order valence-corrected chi connectivity index (χ4v) is 5.16. The minimum atomic E-state index is -1.21. The monoisotopic (exact) mass is 430 g/mol. The Morgan fingerprint density at radius 1 is 0.969 bits per heavy atom. The van der Waals surface area contributed by atoms with Gasteiger partial charge in [-0.3, -0.25) is 0 Å². The third-order valence-electron chi connectivity index (χ3n) is 6.92. The van der Waals surface area contributed by atoms with Crippen LogP contribution >= 0.6 is 0 Å². The predicted molar refractivity (Wildman–Crippen MR) is 125 cm³/mol. The summed E-state index contributed by atoms with van der Waals surface area (Å²) in [7, 11) is 0. The van der Waals surface area contributed by atoms with E-state index in [1.807, 2.05) is 24.3 Å². The van der Waals surface area contributed by atoms with Gasteiger partial charge >= 0.3 is 0 Å². The molecule has 0 saturated carbocycles. The van der Waals surface area contributed by atoms with E-state index in [0.717, 1.165) is 29.8 Å². The Labute approximate surface area is 188 Å². The molecule has 32 heavy (non-hydrogen) atoms. The van der Waals surface area contributed by atoms with Crippen LogP contribution in [0.4, 0.5) is 8.78 Å². The van der Waals surface area contributed by atoms with Crippen LogP contribution in [0.1, 0.15) is 29.6 Å². The SMILES string of the molecule is C=C(C1CNC(c2ccccc2)C1)N1CC(C2C=C(F)C=CC2F)=CC1c1ccccc1. The lowest BCUT2D eigenvalue weighted by molar-refractivity contribution is 0.291.